The number of hydrogen-bond donors (Lipinski definition) is 0. The minimum absolute atomic E-state index is 0.527. The summed E-state index contributed by atoms with van der Waals surface area (Å²) in [6.07, 6.45) is 12.0. The van der Waals surface area contributed by atoms with E-state index in [1.165, 1.54) is 0 Å². The average molecular weight is 772 g/mol. The number of furan rings is 2. The smallest absolute Gasteiger partial charge is 0.231 e. The molecule has 0 aliphatic carbocycles. The zero-order valence-electron chi connectivity index (χ0n) is 32.9. The van der Waals surface area contributed by atoms with Crippen LogP contribution in [0.5, 0.6) is 0 Å². The van der Waals surface area contributed by atoms with E-state index in [0.29, 0.717) is 11.5 Å². The fraction of sp³-hybridized carbons (Fsp3) is 0.0182. The molecule has 5 heteroatoms. The van der Waals surface area contributed by atoms with Gasteiger partial charge in [0.05, 0.1) is 22.1 Å². The predicted octanol–water partition coefficient (Wildman–Crippen LogP) is 13.5. The van der Waals surface area contributed by atoms with Crippen molar-refractivity contribution >= 4 is 94.9 Å². The van der Waals surface area contributed by atoms with Crippen molar-refractivity contribution in [1.29, 1.82) is 0 Å². The summed E-state index contributed by atoms with van der Waals surface area (Å²) in [6.45, 7) is 14.8. The van der Waals surface area contributed by atoms with Gasteiger partial charge in [0.1, 0.15) is 16.7 Å². The molecule has 11 rings (SSSR count). The van der Waals surface area contributed by atoms with Crippen molar-refractivity contribution in [2.24, 2.45) is 0 Å². The lowest BCUT2D eigenvalue weighted by atomic mass is 9.97. The summed E-state index contributed by atoms with van der Waals surface area (Å²) in [5.41, 5.74) is 10.9. The van der Waals surface area contributed by atoms with Gasteiger partial charge in [-0.05, 0) is 82.4 Å². The Hall–Kier alpha value is -8.02. The van der Waals surface area contributed by atoms with Gasteiger partial charge in [-0.15, -0.1) is 0 Å². The Morgan fingerprint density at radius 1 is 0.600 bits per heavy atom. The molecule has 0 atom stereocenters. The number of aromatic nitrogens is 3. The third-order valence-electron chi connectivity index (χ3n) is 11.6. The number of hydrogen-bond acceptors (Lipinski definition) is 4. The first kappa shape index (κ1) is 35.2. The van der Waals surface area contributed by atoms with E-state index in [1.54, 1.807) is 0 Å². The van der Waals surface area contributed by atoms with Crippen molar-refractivity contribution in [2.75, 3.05) is 0 Å². The molecule has 7 aromatic carbocycles. The standard InChI is InChI=1S/C55H37N3O2/c1-5-16-37(17-6-2)58-45-29-27-35(31-43(45)50-39(18-7-3)33(4)38-21-11-12-22-40(38)53(50)58)36-28-30-47-44(32-36)51-52(34-19-9-8-10-20-34)56-54(57-55(51)60-47)42-24-15-26-48-49(42)41-23-13-14-25-46(41)59-48/h5-32H,1,3-4H2,2H3/b17-6-,37-16+,39-18+. The Kier molecular flexibility index (Phi) is 8.10. The molecule has 0 spiro atoms. The van der Waals surface area contributed by atoms with E-state index in [0.717, 1.165) is 115 Å². The zero-order valence-corrected chi connectivity index (χ0v) is 32.9. The van der Waals surface area contributed by atoms with E-state index in [4.69, 9.17) is 18.8 Å². The van der Waals surface area contributed by atoms with Crippen molar-refractivity contribution in [2.45, 2.75) is 6.92 Å². The van der Waals surface area contributed by atoms with Crippen LogP contribution >= 0.6 is 0 Å². The number of para-hydroxylation sites is 1. The Morgan fingerprint density at radius 3 is 2.12 bits per heavy atom. The molecule has 0 unspecified atom stereocenters. The molecule has 0 radical (unpaired) electrons. The van der Waals surface area contributed by atoms with Gasteiger partial charge < -0.3 is 13.4 Å². The van der Waals surface area contributed by atoms with E-state index in [2.05, 4.69) is 127 Å². The van der Waals surface area contributed by atoms with E-state index in [-0.39, 0.29) is 0 Å². The number of nitrogens with zero attached hydrogens (tertiary/aromatic N) is 3. The third-order valence-corrected chi connectivity index (χ3v) is 11.6. The second-order valence-electron chi connectivity index (χ2n) is 15.0. The SMILES string of the molecule is C=C/C=c1\c(=C)c2ccccc2c2c1c1cc(-c3ccc4oc5nc(-c6cccc7oc8ccccc8c67)nc(-c6ccccc6)c5c4c3)ccc1n2C(/C=C\C)=C/C=C. The lowest BCUT2D eigenvalue weighted by Crippen LogP contribution is -2.24. The largest absolute Gasteiger partial charge is 0.456 e. The second kappa shape index (κ2) is 13.8. The number of rotatable bonds is 7. The van der Waals surface area contributed by atoms with Gasteiger partial charge in [0.2, 0.25) is 5.71 Å². The van der Waals surface area contributed by atoms with Crippen LogP contribution in [-0.4, -0.2) is 14.5 Å². The minimum atomic E-state index is 0.527. The summed E-state index contributed by atoms with van der Waals surface area (Å²) < 4.78 is 15.2. The number of fused-ring (bicyclic) bond motifs is 11. The first-order valence-electron chi connectivity index (χ1n) is 20.0. The molecule has 0 fully saturated rings. The highest BCUT2D eigenvalue weighted by atomic mass is 16.3. The molecule has 0 N–H and O–H groups in total. The lowest BCUT2D eigenvalue weighted by molar-refractivity contribution is 0.653. The van der Waals surface area contributed by atoms with Gasteiger partial charge in [-0.1, -0.05) is 141 Å². The van der Waals surface area contributed by atoms with Crippen molar-refractivity contribution in [3.63, 3.8) is 0 Å². The van der Waals surface area contributed by atoms with Gasteiger partial charge in [-0.3, -0.25) is 0 Å². The Balaban J connectivity index is 1.18. The third kappa shape index (κ3) is 5.26. The Labute approximate surface area is 345 Å². The van der Waals surface area contributed by atoms with E-state index >= 15 is 0 Å². The second-order valence-corrected chi connectivity index (χ2v) is 15.0. The van der Waals surface area contributed by atoms with Gasteiger partial charge in [0, 0.05) is 49.1 Å². The molecule has 0 aliphatic rings. The molecule has 0 bridgehead atoms. The van der Waals surface area contributed by atoms with Crippen molar-refractivity contribution in [3.05, 3.63) is 187 Å². The fourth-order valence-corrected chi connectivity index (χ4v) is 9.05. The first-order chi connectivity index (χ1) is 29.6. The van der Waals surface area contributed by atoms with Gasteiger partial charge >= 0.3 is 0 Å². The minimum Gasteiger partial charge on any atom is -0.456 e. The monoisotopic (exact) mass is 771 g/mol. The van der Waals surface area contributed by atoms with E-state index in [1.807, 2.05) is 73.7 Å². The molecular formula is C55H37N3O2. The molecule has 60 heavy (non-hydrogen) atoms. The normalized spacial score (nSPS) is 12.8. The van der Waals surface area contributed by atoms with Crippen LogP contribution in [0.1, 0.15) is 6.92 Å². The molecule has 5 nitrogen and oxygen atoms in total. The Bertz CT molecular complexity index is 3780. The highest BCUT2D eigenvalue weighted by Gasteiger charge is 2.22. The maximum Gasteiger partial charge on any atom is 0.231 e. The maximum atomic E-state index is 6.63. The average Bonchev–Trinajstić information content (AvgIpc) is 3.97. The quantitative estimate of drug-likeness (QED) is 0.151. The molecule has 0 saturated heterocycles. The van der Waals surface area contributed by atoms with Crippen LogP contribution < -0.4 is 10.4 Å². The van der Waals surface area contributed by atoms with Gasteiger partial charge in [0.15, 0.2) is 5.82 Å². The molecule has 4 aromatic heterocycles. The Morgan fingerprint density at radius 2 is 1.32 bits per heavy atom. The van der Waals surface area contributed by atoms with Crippen LogP contribution in [0.4, 0.5) is 0 Å². The summed E-state index contributed by atoms with van der Waals surface area (Å²) in [4.78, 5) is 10.5. The number of allylic oxidation sites excluding steroid dienone is 6. The maximum absolute atomic E-state index is 6.63. The molecule has 0 amide bonds. The number of benzene rings is 7. The highest BCUT2D eigenvalue weighted by molar-refractivity contribution is 6.21. The molecule has 11 aromatic rings. The summed E-state index contributed by atoms with van der Waals surface area (Å²) in [7, 11) is 0. The summed E-state index contributed by atoms with van der Waals surface area (Å²) in [6, 6.07) is 46.0. The summed E-state index contributed by atoms with van der Waals surface area (Å²) in [5.74, 6) is 0.576. The highest BCUT2D eigenvalue weighted by Crippen LogP contribution is 2.42. The molecular weight excluding hydrogens is 735 g/mol. The lowest BCUT2D eigenvalue weighted by Gasteiger charge is -2.11. The van der Waals surface area contributed by atoms with Crippen LogP contribution in [0.15, 0.2) is 186 Å². The topological polar surface area (TPSA) is 57.0 Å². The first-order valence-corrected chi connectivity index (χ1v) is 20.0. The zero-order chi connectivity index (χ0) is 40.5. The van der Waals surface area contributed by atoms with Crippen LogP contribution in [-0.2, 0) is 0 Å². The molecule has 0 aliphatic heterocycles. The van der Waals surface area contributed by atoms with Crippen LogP contribution in [0, 0.1) is 0 Å². The van der Waals surface area contributed by atoms with Crippen LogP contribution in [0.25, 0.3) is 129 Å². The van der Waals surface area contributed by atoms with Gasteiger partial charge in [0.25, 0.3) is 0 Å². The molecule has 284 valence electrons. The van der Waals surface area contributed by atoms with Gasteiger partial charge in [-0.2, -0.15) is 4.98 Å². The van der Waals surface area contributed by atoms with Crippen LogP contribution in [0.3, 0.4) is 0 Å². The van der Waals surface area contributed by atoms with Crippen molar-refractivity contribution in [1.82, 2.24) is 14.5 Å². The molecule has 0 saturated carbocycles. The van der Waals surface area contributed by atoms with Crippen molar-refractivity contribution < 1.29 is 8.83 Å². The van der Waals surface area contributed by atoms with Gasteiger partial charge in [-0.25, -0.2) is 4.98 Å². The fourth-order valence-electron chi connectivity index (χ4n) is 9.05. The summed E-state index contributed by atoms with van der Waals surface area (Å²) >= 11 is 0. The van der Waals surface area contributed by atoms with Crippen molar-refractivity contribution in [3.8, 4) is 33.8 Å². The van der Waals surface area contributed by atoms with E-state index < -0.39 is 0 Å². The van der Waals surface area contributed by atoms with E-state index in [9.17, 15) is 0 Å². The summed E-state index contributed by atoms with van der Waals surface area (Å²) in [5, 5.41) is 10.3. The molecule has 4 heterocycles. The predicted molar refractivity (Wildman–Crippen MR) is 252 cm³/mol. The van der Waals surface area contributed by atoms with Crippen LogP contribution in [0.2, 0.25) is 0 Å².